The van der Waals surface area contributed by atoms with Gasteiger partial charge in [0.05, 0.1) is 10.6 Å². The number of carbonyl (C=O) groups is 1. The van der Waals surface area contributed by atoms with Crippen molar-refractivity contribution in [3.8, 4) is 0 Å². The Morgan fingerprint density at radius 1 is 1.10 bits per heavy atom. The molecule has 1 heterocycles. The van der Waals surface area contributed by atoms with Crippen molar-refractivity contribution in [2.75, 3.05) is 0 Å². The summed E-state index contributed by atoms with van der Waals surface area (Å²) in [4.78, 5) is 16.2. The number of hydrogen-bond acceptors (Lipinski definition) is 3. The van der Waals surface area contributed by atoms with Gasteiger partial charge < -0.3 is 4.74 Å². The first-order chi connectivity index (χ1) is 10.1. The average molecular weight is 363 g/mol. The zero-order chi connectivity index (χ0) is 14.8. The lowest BCUT2D eigenvalue weighted by Crippen LogP contribution is -2.05. The third kappa shape index (κ3) is 2.91. The van der Waals surface area contributed by atoms with Crippen LogP contribution < -0.4 is 0 Å². The molecule has 104 valence electrons. The highest BCUT2D eigenvalue weighted by Crippen LogP contribution is 2.25. The van der Waals surface area contributed by atoms with Gasteiger partial charge in [-0.2, -0.15) is 0 Å². The van der Waals surface area contributed by atoms with E-state index in [2.05, 4.69) is 20.9 Å². The Bertz CT molecular complexity index is 783. The van der Waals surface area contributed by atoms with Gasteiger partial charge in [0.2, 0.25) is 5.90 Å². The maximum atomic E-state index is 11.9. The van der Waals surface area contributed by atoms with Gasteiger partial charge in [-0.05, 0) is 29.8 Å². The minimum atomic E-state index is -0.485. The van der Waals surface area contributed by atoms with Crippen molar-refractivity contribution < 1.29 is 9.53 Å². The largest absolute Gasteiger partial charge is 0.402 e. The highest BCUT2D eigenvalue weighted by Gasteiger charge is 2.25. The van der Waals surface area contributed by atoms with Crippen LogP contribution >= 0.6 is 27.5 Å². The van der Waals surface area contributed by atoms with E-state index in [1.807, 2.05) is 30.3 Å². The molecule has 3 rings (SSSR count). The minimum absolute atomic E-state index is 0.226. The van der Waals surface area contributed by atoms with E-state index in [-0.39, 0.29) is 11.6 Å². The molecule has 0 aromatic heterocycles. The van der Waals surface area contributed by atoms with Gasteiger partial charge in [0.15, 0.2) is 5.70 Å². The molecule has 5 heteroatoms. The Kier molecular flexibility index (Phi) is 3.90. The van der Waals surface area contributed by atoms with E-state index < -0.39 is 5.97 Å². The quantitative estimate of drug-likeness (QED) is 0.585. The Labute approximate surface area is 135 Å². The normalized spacial score (nSPS) is 16.0. The summed E-state index contributed by atoms with van der Waals surface area (Å²) in [6.45, 7) is 0. The fourth-order valence-corrected chi connectivity index (χ4v) is 2.51. The van der Waals surface area contributed by atoms with Crippen LogP contribution in [0.15, 0.2) is 63.7 Å². The topological polar surface area (TPSA) is 38.7 Å². The summed E-state index contributed by atoms with van der Waals surface area (Å²) >= 11 is 9.51. The Balaban J connectivity index is 2.00. The molecule has 0 spiro atoms. The number of hydrogen-bond donors (Lipinski definition) is 0. The molecule has 0 fully saturated rings. The summed E-state index contributed by atoms with van der Waals surface area (Å²) < 4.78 is 6.08. The van der Waals surface area contributed by atoms with Gasteiger partial charge in [-0.3, -0.25) is 0 Å². The van der Waals surface area contributed by atoms with Gasteiger partial charge in [0, 0.05) is 4.47 Å². The van der Waals surface area contributed by atoms with E-state index in [1.165, 1.54) is 0 Å². The maximum Gasteiger partial charge on any atom is 0.363 e. The van der Waals surface area contributed by atoms with Crippen molar-refractivity contribution in [2.24, 2.45) is 4.99 Å². The smallest absolute Gasteiger partial charge is 0.363 e. The highest BCUT2D eigenvalue weighted by atomic mass is 79.9. The van der Waals surface area contributed by atoms with Crippen molar-refractivity contribution in [1.82, 2.24) is 0 Å². The molecule has 0 bridgehead atoms. The van der Waals surface area contributed by atoms with E-state index in [1.54, 1.807) is 24.3 Å². The molecule has 0 radical (unpaired) electrons. The molecule has 0 saturated heterocycles. The van der Waals surface area contributed by atoms with Crippen molar-refractivity contribution in [3.63, 3.8) is 0 Å². The predicted molar refractivity (Wildman–Crippen MR) is 86.2 cm³/mol. The second kappa shape index (κ2) is 5.84. The van der Waals surface area contributed by atoms with E-state index in [0.717, 1.165) is 10.0 Å². The average Bonchev–Trinajstić information content (AvgIpc) is 2.83. The van der Waals surface area contributed by atoms with Gasteiger partial charge in [-0.1, -0.05) is 57.9 Å². The monoisotopic (exact) mass is 361 g/mol. The molecule has 0 amide bonds. The van der Waals surface area contributed by atoms with Crippen LogP contribution in [0, 0.1) is 0 Å². The molecule has 21 heavy (non-hydrogen) atoms. The molecule has 3 nitrogen and oxygen atoms in total. The number of nitrogens with zero attached hydrogens (tertiary/aromatic N) is 1. The lowest BCUT2D eigenvalue weighted by atomic mass is 10.2. The molecule has 1 aliphatic rings. The lowest BCUT2D eigenvalue weighted by Gasteiger charge is -2.00. The van der Waals surface area contributed by atoms with E-state index in [4.69, 9.17) is 16.3 Å². The number of carbonyl (C=O) groups excluding carboxylic acids is 1. The molecule has 0 unspecified atom stereocenters. The second-order valence-corrected chi connectivity index (χ2v) is 5.60. The van der Waals surface area contributed by atoms with Crippen molar-refractivity contribution in [3.05, 3.63) is 74.9 Å². The van der Waals surface area contributed by atoms with Crippen molar-refractivity contribution >= 4 is 45.5 Å². The summed E-state index contributed by atoms with van der Waals surface area (Å²) in [5.41, 5.74) is 1.70. The van der Waals surface area contributed by atoms with Gasteiger partial charge in [-0.25, -0.2) is 9.79 Å². The predicted octanol–water partition coefficient (Wildman–Crippen LogP) is 4.45. The Morgan fingerprint density at radius 3 is 2.57 bits per heavy atom. The van der Waals surface area contributed by atoms with Gasteiger partial charge >= 0.3 is 5.97 Å². The molecular formula is C16H9BrClNO2. The summed E-state index contributed by atoms with van der Waals surface area (Å²) in [6, 6.07) is 14.7. The van der Waals surface area contributed by atoms with Crippen LogP contribution in [0.1, 0.15) is 11.1 Å². The summed E-state index contributed by atoms with van der Waals surface area (Å²) in [7, 11) is 0. The summed E-state index contributed by atoms with van der Waals surface area (Å²) in [5.74, 6) is -0.260. The van der Waals surface area contributed by atoms with E-state index >= 15 is 0 Å². The van der Waals surface area contributed by atoms with Crippen LogP contribution in [0.2, 0.25) is 5.02 Å². The highest BCUT2D eigenvalue weighted by molar-refractivity contribution is 9.10. The number of benzene rings is 2. The number of esters is 1. The van der Waals surface area contributed by atoms with Gasteiger partial charge in [0.25, 0.3) is 0 Å². The van der Waals surface area contributed by atoms with Crippen LogP contribution in [0.4, 0.5) is 0 Å². The maximum absolute atomic E-state index is 11.9. The molecule has 0 saturated carbocycles. The van der Waals surface area contributed by atoms with Crippen molar-refractivity contribution in [1.29, 1.82) is 0 Å². The fraction of sp³-hybridized carbons (Fsp3) is 0. The Morgan fingerprint density at radius 2 is 1.81 bits per heavy atom. The molecule has 0 atom stereocenters. The van der Waals surface area contributed by atoms with Crippen LogP contribution in [0.3, 0.4) is 0 Å². The lowest BCUT2D eigenvalue weighted by molar-refractivity contribution is -0.129. The molecule has 0 N–H and O–H groups in total. The summed E-state index contributed by atoms with van der Waals surface area (Å²) in [5, 5.41) is 0.492. The minimum Gasteiger partial charge on any atom is -0.402 e. The molecule has 0 aliphatic carbocycles. The van der Waals surface area contributed by atoms with Crippen LogP contribution in [-0.4, -0.2) is 11.9 Å². The number of halogens is 2. The Hall–Kier alpha value is -1.91. The second-order valence-electron chi connectivity index (χ2n) is 4.34. The molecule has 2 aromatic carbocycles. The molecule has 2 aromatic rings. The van der Waals surface area contributed by atoms with Crippen molar-refractivity contribution in [2.45, 2.75) is 0 Å². The van der Waals surface area contributed by atoms with Gasteiger partial charge in [-0.15, -0.1) is 0 Å². The van der Waals surface area contributed by atoms with Crippen LogP contribution in [0.5, 0.6) is 0 Å². The third-order valence-electron chi connectivity index (χ3n) is 2.92. The first kappa shape index (κ1) is 14.0. The first-order valence-corrected chi connectivity index (χ1v) is 7.34. The zero-order valence-corrected chi connectivity index (χ0v) is 13.1. The summed E-state index contributed by atoms with van der Waals surface area (Å²) in [6.07, 6.45) is 1.68. The SMILES string of the molecule is O=C1OC(c2ccccc2Cl)=N/C1=C/c1ccccc1Br. The number of aliphatic imine (C=N–C) groups is 1. The number of ether oxygens (including phenoxy) is 1. The van der Waals surface area contributed by atoms with E-state index in [0.29, 0.717) is 10.6 Å². The standard InChI is InChI=1S/C16H9BrClNO2/c17-12-7-3-1-5-10(12)9-14-16(20)21-15(19-14)11-6-2-4-8-13(11)18/h1-9H/b14-9+. The van der Waals surface area contributed by atoms with E-state index in [9.17, 15) is 4.79 Å². The first-order valence-electron chi connectivity index (χ1n) is 6.17. The number of rotatable bonds is 2. The van der Waals surface area contributed by atoms with Crippen LogP contribution in [-0.2, 0) is 9.53 Å². The molecule has 1 aliphatic heterocycles. The fourth-order valence-electron chi connectivity index (χ4n) is 1.90. The third-order valence-corrected chi connectivity index (χ3v) is 3.97. The number of cyclic esters (lactones) is 1. The molecular weight excluding hydrogens is 354 g/mol. The van der Waals surface area contributed by atoms with Crippen LogP contribution in [0.25, 0.3) is 6.08 Å². The van der Waals surface area contributed by atoms with Gasteiger partial charge in [0.1, 0.15) is 0 Å². The zero-order valence-electron chi connectivity index (χ0n) is 10.7.